The van der Waals surface area contributed by atoms with Crippen molar-refractivity contribution in [2.24, 2.45) is 0 Å². The lowest BCUT2D eigenvalue weighted by Crippen LogP contribution is -2.22. The molecule has 0 saturated heterocycles. The van der Waals surface area contributed by atoms with Crippen LogP contribution in [0, 0.1) is 0 Å². The smallest absolute Gasteiger partial charge is 0.234 e. The highest BCUT2D eigenvalue weighted by atomic mass is 32.2. The molecule has 23 heavy (non-hydrogen) atoms. The van der Waals surface area contributed by atoms with E-state index >= 15 is 0 Å². The summed E-state index contributed by atoms with van der Waals surface area (Å²) in [4.78, 5) is 20.8. The highest BCUT2D eigenvalue weighted by Crippen LogP contribution is 2.35. The average Bonchev–Trinajstić information content (AvgIpc) is 2.55. The number of benzene rings is 1. The van der Waals surface area contributed by atoms with Crippen molar-refractivity contribution in [3.05, 3.63) is 36.2 Å². The van der Waals surface area contributed by atoms with E-state index in [1.165, 1.54) is 18.1 Å². The first kappa shape index (κ1) is 15.9. The van der Waals surface area contributed by atoms with Crippen LogP contribution < -0.4 is 10.6 Å². The van der Waals surface area contributed by atoms with E-state index in [0.29, 0.717) is 17.3 Å². The van der Waals surface area contributed by atoms with Gasteiger partial charge in [0.05, 0.1) is 11.8 Å². The number of carbonyl (C=O) groups is 1. The first-order valence-corrected chi connectivity index (χ1v) is 9.56. The minimum absolute atomic E-state index is 0.0165. The summed E-state index contributed by atoms with van der Waals surface area (Å²) in [6.07, 6.45) is 3.14. The number of anilines is 2. The van der Waals surface area contributed by atoms with Gasteiger partial charge in [-0.15, -0.1) is 0 Å². The summed E-state index contributed by atoms with van der Waals surface area (Å²) in [6.45, 7) is 2.00. The van der Waals surface area contributed by atoms with Crippen molar-refractivity contribution in [2.75, 3.05) is 22.6 Å². The Bertz CT molecular complexity index is 765. The van der Waals surface area contributed by atoms with E-state index in [1.54, 1.807) is 6.26 Å². The molecule has 2 N–H and O–H groups in total. The van der Waals surface area contributed by atoms with Gasteiger partial charge in [-0.1, -0.05) is 23.9 Å². The quantitative estimate of drug-likeness (QED) is 0.826. The van der Waals surface area contributed by atoms with Gasteiger partial charge in [0.15, 0.2) is 5.82 Å². The van der Waals surface area contributed by atoms with E-state index < -0.39 is 10.8 Å². The minimum atomic E-state index is -0.986. The van der Waals surface area contributed by atoms with Crippen LogP contribution in [0.2, 0.25) is 0 Å². The van der Waals surface area contributed by atoms with Crippen LogP contribution in [0.15, 0.2) is 40.5 Å². The van der Waals surface area contributed by atoms with Crippen LogP contribution >= 0.6 is 11.8 Å². The summed E-state index contributed by atoms with van der Waals surface area (Å²) in [7, 11) is -0.986. The van der Waals surface area contributed by atoms with Crippen LogP contribution in [-0.4, -0.2) is 32.1 Å². The van der Waals surface area contributed by atoms with Gasteiger partial charge < -0.3 is 10.6 Å². The van der Waals surface area contributed by atoms with Crippen molar-refractivity contribution < 1.29 is 9.00 Å². The summed E-state index contributed by atoms with van der Waals surface area (Å²) in [6, 6.07) is 7.58. The molecule has 0 spiro atoms. The number of hydrogen-bond donors (Lipinski definition) is 2. The SMILES string of the molecule is CC(Nc1ncnc2c1NC(=O)CS2)c1ccc(S(C)=O)cc1. The fourth-order valence-corrected chi connectivity index (χ4v) is 3.52. The Labute approximate surface area is 141 Å². The molecule has 0 aliphatic carbocycles. The Morgan fingerprint density at radius 3 is 2.74 bits per heavy atom. The van der Waals surface area contributed by atoms with Gasteiger partial charge in [-0.3, -0.25) is 9.00 Å². The molecule has 2 heterocycles. The van der Waals surface area contributed by atoms with Crippen LogP contribution in [0.4, 0.5) is 11.5 Å². The highest BCUT2D eigenvalue weighted by Gasteiger charge is 2.21. The molecule has 1 aromatic carbocycles. The molecule has 120 valence electrons. The Balaban J connectivity index is 1.81. The molecule has 2 unspecified atom stereocenters. The lowest BCUT2D eigenvalue weighted by atomic mass is 10.1. The summed E-state index contributed by atoms with van der Waals surface area (Å²) in [5.41, 5.74) is 1.67. The van der Waals surface area contributed by atoms with Crippen LogP contribution in [0.25, 0.3) is 0 Å². The van der Waals surface area contributed by atoms with Crippen LogP contribution in [-0.2, 0) is 15.6 Å². The third kappa shape index (κ3) is 3.53. The number of fused-ring (bicyclic) bond motifs is 1. The van der Waals surface area contributed by atoms with Crippen molar-refractivity contribution in [3.8, 4) is 0 Å². The largest absolute Gasteiger partial charge is 0.362 e. The minimum Gasteiger partial charge on any atom is -0.362 e. The number of aromatic nitrogens is 2. The van der Waals surface area contributed by atoms with E-state index in [1.807, 2.05) is 31.2 Å². The number of nitrogens with one attached hydrogen (secondary N) is 2. The van der Waals surface area contributed by atoms with Gasteiger partial charge in [-0.2, -0.15) is 0 Å². The van der Waals surface area contributed by atoms with Gasteiger partial charge in [0, 0.05) is 22.0 Å². The number of rotatable bonds is 4. The van der Waals surface area contributed by atoms with E-state index in [2.05, 4.69) is 20.6 Å². The number of hydrogen-bond acceptors (Lipinski definition) is 6. The van der Waals surface area contributed by atoms with Gasteiger partial charge in [-0.25, -0.2) is 9.97 Å². The fraction of sp³-hybridized carbons (Fsp3) is 0.267. The Morgan fingerprint density at radius 2 is 2.04 bits per heavy atom. The number of nitrogens with zero attached hydrogens (tertiary/aromatic N) is 2. The molecule has 0 fully saturated rings. The summed E-state index contributed by atoms with van der Waals surface area (Å²) >= 11 is 1.40. The molecular formula is C15H16N4O2S2. The Morgan fingerprint density at radius 1 is 1.30 bits per heavy atom. The van der Waals surface area contributed by atoms with Crippen LogP contribution in [0.1, 0.15) is 18.5 Å². The zero-order valence-corrected chi connectivity index (χ0v) is 14.3. The van der Waals surface area contributed by atoms with Crippen molar-refractivity contribution in [2.45, 2.75) is 22.9 Å². The topological polar surface area (TPSA) is 84.0 Å². The molecule has 1 aliphatic rings. The van der Waals surface area contributed by atoms with Crippen molar-refractivity contribution >= 4 is 40.0 Å². The monoisotopic (exact) mass is 348 g/mol. The molecule has 1 amide bonds. The first-order valence-electron chi connectivity index (χ1n) is 7.02. The van der Waals surface area contributed by atoms with E-state index in [0.717, 1.165) is 15.5 Å². The van der Waals surface area contributed by atoms with Crippen LogP contribution in [0.3, 0.4) is 0 Å². The molecule has 1 aliphatic heterocycles. The Hall–Kier alpha value is -1.93. The van der Waals surface area contributed by atoms with Gasteiger partial charge in [0.1, 0.15) is 17.0 Å². The van der Waals surface area contributed by atoms with E-state index in [9.17, 15) is 9.00 Å². The van der Waals surface area contributed by atoms with E-state index in [4.69, 9.17) is 0 Å². The second kappa shape index (κ2) is 6.67. The number of amides is 1. The molecule has 0 saturated carbocycles. The normalized spacial score (nSPS) is 16.2. The molecule has 0 radical (unpaired) electrons. The highest BCUT2D eigenvalue weighted by molar-refractivity contribution is 8.00. The van der Waals surface area contributed by atoms with Gasteiger partial charge in [0.2, 0.25) is 5.91 Å². The fourth-order valence-electron chi connectivity index (χ4n) is 2.25. The molecule has 2 aromatic rings. The lowest BCUT2D eigenvalue weighted by molar-refractivity contribution is -0.113. The number of carbonyl (C=O) groups excluding carboxylic acids is 1. The molecule has 2 atom stereocenters. The third-order valence-electron chi connectivity index (χ3n) is 3.48. The average molecular weight is 348 g/mol. The molecule has 0 bridgehead atoms. The zero-order chi connectivity index (χ0) is 16.4. The summed E-state index contributed by atoms with van der Waals surface area (Å²) < 4.78 is 11.4. The van der Waals surface area contributed by atoms with Gasteiger partial charge >= 0.3 is 0 Å². The Kier molecular flexibility index (Phi) is 4.63. The maximum atomic E-state index is 11.6. The van der Waals surface area contributed by atoms with Crippen LogP contribution in [0.5, 0.6) is 0 Å². The van der Waals surface area contributed by atoms with Crippen molar-refractivity contribution in [1.29, 1.82) is 0 Å². The molecule has 6 nitrogen and oxygen atoms in total. The third-order valence-corrected chi connectivity index (χ3v) is 5.41. The second-order valence-corrected chi connectivity index (χ2v) is 7.47. The number of thioether (sulfide) groups is 1. The standard InChI is InChI=1S/C15H16N4O2S2/c1-9(10-3-5-11(6-4-10)23(2)21)18-14-13-15(17-8-16-14)22-7-12(20)19-13/h3-6,8-9H,7H2,1-2H3,(H,19,20)(H,16,17,18). The predicted molar refractivity (Wildman–Crippen MR) is 92.2 cm³/mol. The summed E-state index contributed by atoms with van der Waals surface area (Å²) in [5, 5.41) is 6.89. The second-order valence-electron chi connectivity index (χ2n) is 5.13. The predicted octanol–water partition coefficient (Wildman–Crippen LogP) is 2.43. The van der Waals surface area contributed by atoms with Gasteiger partial charge in [-0.05, 0) is 24.6 Å². The van der Waals surface area contributed by atoms with Crippen molar-refractivity contribution in [3.63, 3.8) is 0 Å². The lowest BCUT2D eigenvalue weighted by Gasteiger charge is -2.21. The molecular weight excluding hydrogens is 332 g/mol. The molecule has 1 aromatic heterocycles. The molecule has 3 rings (SSSR count). The maximum Gasteiger partial charge on any atom is 0.234 e. The maximum absolute atomic E-state index is 11.6. The summed E-state index contributed by atoms with van der Waals surface area (Å²) in [5.74, 6) is 0.920. The first-order chi connectivity index (χ1) is 11.0. The zero-order valence-electron chi connectivity index (χ0n) is 12.7. The van der Waals surface area contributed by atoms with E-state index in [-0.39, 0.29) is 11.9 Å². The molecule has 8 heteroatoms. The van der Waals surface area contributed by atoms with Crippen molar-refractivity contribution in [1.82, 2.24) is 9.97 Å². The van der Waals surface area contributed by atoms with Gasteiger partial charge in [0.25, 0.3) is 0 Å².